The molecule has 0 amide bonds. The number of hydrogen-bond donors (Lipinski definition) is 2. The number of nitrogens with one attached hydrogen (secondary N) is 1. The summed E-state index contributed by atoms with van der Waals surface area (Å²) in [7, 11) is 0. The maximum atomic E-state index is 5.94. The van der Waals surface area contributed by atoms with Gasteiger partial charge in [0, 0.05) is 12.6 Å². The molecule has 16 heavy (non-hydrogen) atoms. The summed E-state index contributed by atoms with van der Waals surface area (Å²) in [6.07, 6.45) is 9.32. The first-order valence-corrected chi connectivity index (χ1v) is 6.91. The number of hydrogen-bond acceptors (Lipinski definition) is 3. The number of hydrazine groups is 1. The maximum Gasteiger partial charge on any atom is 0.0769 e. The molecule has 0 spiro atoms. The first-order valence-electron chi connectivity index (χ1n) is 6.91. The Kier molecular flexibility index (Phi) is 7.01. The number of nitrogens with two attached hydrogens (primary N) is 1. The molecule has 1 rings (SSSR count). The van der Waals surface area contributed by atoms with Gasteiger partial charge in [0.1, 0.15) is 0 Å². The monoisotopic (exact) mass is 228 g/mol. The fourth-order valence-electron chi connectivity index (χ4n) is 2.89. The summed E-state index contributed by atoms with van der Waals surface area (Å²) in [4.78, 5) is 0. The third kappa shape index (κ3) is 4.04. The molecule has 0 heterocycles. The Labute approximate surface area is 100 Å². The average molecular weight is 228 g/mol. The highest BCUT2D eigenvalue weighted by atomic mass is 16.5. The molecule has 2 unspecified atom stereocenters. The first-order chi connectivity index (χ1) is 7.83. The summed E-state index contributed by atoms with van der Waals surface area (Å²) in [6, 6.07) is 0.327. The minimum atomic E-state index is 0.315. The molecule has 2 atom stereocenters. The minimum Gasteiger partial charge on any atom is -0.377 e. The van der Waals surface area contributed by atoms with Crippen LogP contribution in [0, 0.1) is 5.92 Å². The van der Waals surface area contributed by atoms with Crippen molar-refractivity contribution in [3.05, 3.63) is 0 Å². The molecule has 0 aliphatic heterocycles. The molecule has 1 saturated carbocycles. The Morgan fingerprint density at radius 2 is 1.94 bits per heavy atom. The van der Waals surface area contributed by atoms with E-state index in [4.69, 9.17) is 10.6 Å². The molecule has 1 fully saturated rings. The zero-order chi connectivity index (χ0) is 11.8. The van der Waals surface area contributed by atoms with Gasteiger partial charge in [-0.3, -0.25) is 11.3 Å². The van der Waals surface area contributed by atoms with Crippen molar-refractivity contribution in [1.82, 2.24) is 5.43 Å². The van der Waals surface area contributed by atoms with Gasteiger partial charge >= 0.3 is 0 Å². The summed E-state index contributed by atoms with van der Waals surface area (Å²) in [6.45, 7) is 5.08. The van der Waals surface area contributed by atoms with Crippen molar-refractivity contribution in [2.45, 2.75) is 70.9 Å². The Morgan fingerprint density at radius 3 is 2.44 bits per heavy atom. The molecule has 96 valence electrons. The van der Waals surface area contributed by atoms with Gasteiger partial charge in [0.15, 0.2) is 0 Å². The molecule has 0 aromatic carbocycles. The molecular weight excluding hydrogens is 200 g/mol. The summed E-state index contributed by atoms with van der Waals surface area (Å²) in [5, 5.41) is 0. The highest BCUT2D eigenvalue weighted by Crippen LogP contribution is 2.30. The van der Waals surface area contributed by atoms with Crippen molar-refractivity contribution in [3.8, 4) is 0 Å². The van der Waals surface area contributed by atoms with E-state index < -0.39 is 0 Å². The summed E-state index contributed by atoms with van der Waals surface area (Å²) < 4.78 is 5.94. The third-order valence-corrected chi connectivity index (χ3v) is 3.68. The van der Waals surface area contributed by atoms with Crippen molar-refractivity contribution in [3.63, 3.8) is 0 Å². The lowest BCUT2D eigenvalue weighted by Gasteiger charge is -2.35. The van der Waals surface area contributed by atoms with Crippen molar-refractivity contribution < 1.29 is 4.74 Å². The number of ether oxygens (including phenoxy) is 1. The van der Waals surface area contributed by atoms with Gasteiger partial charge in [0.2, 0.25) is 0 Å². The zero-order valence-electron chi connectivity index (χ0n) is 10.9. The molecule has 0 saturated heterocycles. The SMILES string of the molecule is CCCC(NN)C(OCC)C1CCCCC1. The van der Waals surface area contributed by atoms with E-state index in [0.29, 0.717) is 18.1 Å². The van der Waals surface area contributed by atoms with Crippen LogP contribution in [0.15, 0.2) is 0 Å². The molecule has 0 radical (unpaired) electrons. The maximum absolute atomic E-state index is 5.94. The topological polar surface area (TPSA) is 47.3 Å². The van der Waals surface area contributed by atoms with Gasteiger partial charge in [-0.05, 0) is 32.1 Å². The quantitative estimate of drug-likeness (QED) is 0.520. The third-order valence-electron chi connectivity index (χ3n) is 3.68. The largest absolute Gasteiger partial charge is 0.377 e. The van der Waals surface area contributed by atoms with Crippen LogP contribution in [0.2, 0.25) is 0 Å². The second-order valence-corrected chi connectivity index (χ2v) is 4.88. The molecule has 1 aliphatic rings. The predicted octanol–water partition coefficient (Wildman–Crippen LogP) is 2.60. The Bertz CT molecular complexity index is 165. The highest BCUT2D eigenvalue weighted by Gasteiger charge is 2.29. The van der Waals surface area contributed by atoms with E-state index in [9.17, 15) is 0 Å². The first kappa shape index (κ1) is 13.9. The van der Waals surface area contributed by atoms with Gasteiger partial charge < -0.3 is 4.74 Å². The second kappa shape index (κ2) is 8.04. The fourth-order valence-corrected chi connectivity index (χ4v) is 2.89. The lowest BCUT2D eigenvalue weighted by atomic mass is 9.81. The number of rotatable bonds is 7. The van der Waals surface area contributed by atoms with Crippen LogP contribution in [0.25, 0.3) is 0 Å². The van der Waals surface area contributed by atoms with Gasteiger partial charge in [0.05, 0.1) is 6.10 Å². The van der Waals surface area contributed by atoms with Gasteiger partial charge in [-0.15, -0.1) is 0 Å². The van der Waals surface area contributed by atoms with Crippen LogP contribution in [0.4, 0.5) is 0 Å². The molecular formula is C13H28N2O. The Balaban J connectivity index is 2.54. The lowest BCUT2D eigenvalue weighted by molar-refractivity contribution is -0.0195. The molecule has 3 heteroatoms. The summed E-state index contributed by atoms with van der Waals surface area (Å²) in [5.41, 5.74) is 2.96. The summed E-state index contributed by atoms with van der Waals surface area (Å²) in [5.74, 6) is 6.38. The van der Waals surface area contributed by atoms with E-state index in [1.807, 2.05) is 0 Å². The lowest BCUT2D eigenvalue weighted by Crippen LogP contribution is -2.48. The zero-order valence-corrected chi connectivity index (χ0v) is 10.9. The van der Waals surface area contributed by atoms with Crippen molar-refractivity contribution in [2.24, 2.45) is 11.8 Å². The summed E-state index contributed by atoms with van der Waals surface area (Å²) >= 11 is 0. The minimum absolute atomic E-state index is 0.315. The standard InChI is InChI=1S/C13H28N2O/c1-3-8-12(15-14)13(16-4-2)11-9-6-5-7-10-11/h11-13,15H,3-10,14H2,1-2H3. The predicted molar refractivity (Wildman–Crippen MR) is 68.0 cm³/mol. The van der Waals surface area contributed by atoms with Crippen LogP contribution in [0.3, 0.4) is 0 Å². The van der Waals surface area contributed by atoms with Gasteiger partial charge in [-0.2, -0.15) is 0 Å². The molecule has 0 bridgehead atoms. The Hall–Kier alpha value is -0.120. The van der Waals surface area contributed by atoms with Gasteiger partial charge in [-0.1, -0.05) is 32.6 Å². The van der Waals surface area contributed by atoms with Crippen molar-refractivity contribution in [2.75, 3.05) is 6.61 Å². The highest BCUT2D eigenvalue weighted by molar-refractivity contribution is 4.83. The second-order valence-electron chi connectivity index (χ2n) is 4.88. The van der Waals surface area contributed by atoms with Crippen LogP contribution >= 0.6 is 0 Å². The molecule has 3 nitrogen and oxygen atoms in total. The van der Waals surface area contributed by atoms with E-state index >= 15 is 0 Å². The Morgan fingerprint density at radius 1 is 1.25 bits per heavy atom. The van der Waals surface area contributed by atoms with E-state index in [1.54, 1.807) is 0 Å². The average Bonchev–Trinajstić information content (AvgIpc) is 2.35. The van der Waals surface area contributed by atoms with Gasteiger partial charge in [-0.25, -0.2) is 0 Å². The van der Waals surface area contributed by atoms with E-state index in [1.165, 1.54) is 32.1 Å². The van der Waals surface area contributed by atoms with Crippen molar-refractivity contribution in [1.29, 1.82) is 0 Å². The van der Waals surface area contributed by atoms with E-state index in [2.05, 4.69) is 19.3 Å². The molecule has 0 aromatic rings. The van der Waals surface area contributed by atoms with Crippen LogP contribution in [-0.2, 0) is 4.74 Å². The van der Waals surface area contributed by atoms with Crippen LogP contribution in [-0.4, -0.2) is 18.8 Å². The van der Waals surface area contributed by atoms with Crippen molar-refractivity contribution >= 4 is 0 Å². The van der Waals surface area contributed by atoms with E-state index in [0.717, 1.165) is 19.4 Å². The van der Waals surface area contributed by atoms with Crippen LogP contribution < -0.4 is 11.3 Å². The van der Waals surface area contributed by atoms with E-state index in [-0.39, 0.29) is 0 Å². The normalized spacial score (nSPS) is 21.9. The fraction of sp³-hybridized carbons (Fsp3) is 1.00. The van der Waals surface area contributed by atoms with Crippen LogP contribution in [0.5, 0.6) is 0 Å². The molecule has 1 aliphatic carbocycles. The van der Waals surface area contributed by atoms with Crippen LogP contribution in [0.1, 0.15) is 58.8 Å². The molecule has 3 N–H and O–H groups in total. The smallest absolute Gasteiger partial charge is 0.0769 e. The molecule has 0 aromatic heterocycles. The van der Waals surface area contributed by atoms with Gasteiger partial charge in [0.25, 0.3) is 0 Å².